The quantitative estimate of drug-likeness (QED) is 0.440. The fourth-order valence-corrected chi connectivity index (χ4v) is 1.88. The molecule has 0 spiro atoms. The van der Waals surface area contributed by atoms with E-state index >= 15 is 0 Å². The molecular weight excluding hydrogens is 255 g/mol. The summed E-state index contributed by atoms with van der Waals surface area (Å²) in [6.45, 7) is 3.71. The molecule has 3 heteroatoms. The Bertz CT molecular complexity index is 498. The molecule has 0 radical (unpaired) electrons. The van der Waals surface area contributed by atoms with E-state index in [1.807, 2.05) is 6.08 Å². The molecule has 0 unspecified atom stereocenters. The lowest BCUT2D eigenvalue weighted by atomic mass is 10.0. The van der Waals surface area contributed by atoms with E-state index in [1.165, 1.54) is 12.1 Å². The number of unbranched alkanes of at least 4 members (excludes halogenated alkanes) is 2. The SMILES string of the molecule is CCCCCC(=C\c1ccc(F)cc1)/C=C(\C)C(=O)O. The molecule has 0 saturated carbocycles. The molecule has 0 aliphatic carbocycles. The van der Waals surface area contributed by atoms with Gasteiger partial charge in [0.1, 0.15) is 5.82 Å². The number of halogens is 1. The van der Waals surface area contributed by atoms with Crippen LogP contribution in [0.15, 0.2) is 41.5 Å². The maximum absolute atomic E-state index is 12.9. The minimum Gasteiger partial charge on any atom is -0.478 e. The number of aliphatic carboxylic acids is 1. The van der Waals surface area contributed by atoms with Crippen molar-refractivity contribution in [3.8, 4) is 0 Å². The maximum Gasteiger partial charge on any atom is 0.331 e. The van der Waals surface area contributed by atoms with Crippen molar-refractivity contribution in [1.82, 2.24) is 0 Å². The van der Waals surface area contributed by atoms with Crippen molar-refractivity contribution in [2.24, 2.45) is 0 Å². The number of benzene rings is 1. The van der Waals surface area contributed by atoms with Crippen molar-refractivity contribution in [3.05, 3.63) is 52.9 Å². The lowest BCUT2D eigenvalue weighted by Crippen LogP contribution is -1.97. The van der Waals surface area contributed by atoms with Crippen LogP contribution < -0.4 is 0 Å². The zero-order valence-corrected chi connectivity index (χ0v) is 12.0. The van der Waals surface area contributed by atoms with Gasteiger partial charge in [-0.2, -0.15) is 0 Å². The van der Waals surface area contributed by atoms with Gasteiger partial charge in [-0.25, -0.2) is 9.18 Å². The van der Waals surface area contributed by atoms with E-state index in [1.54, 1.807) is 25.1 Å². The highest BCUT2D eigenvalue weighted by atomic mass is 19.1. The summed E-state index contributed by atoms with van der Waals surface area (Å²) in [7, 11) is 0. The molecule has 1 aromatic carbocycles. The van der Waals surface area contributed by atoms with E-state index in [4.69, 9.17) is 5.11 Å². The van der Waals surface area contributed by atoms with E-state index in [2.05, 4.69) is 6.92 Å². The highest BCUT2D eigenvalue weighted by molar-refractivity contribution is 5.86. The molecule has 0 saturated heterocycles. The number of allylic oxidation sites excluding steroid dienone is 2. The van der Waals surface area contributed by atoms with Crippen LogP contribution in [0.25, 0.3) is 6.08 Å². The van der Waals surface area contributed by atoms with E-state index in [-0.39, 0.29) is 5.82 Å². The van der Waals surface area contributed by atoms with E-state index in [0.717, 1.165) is 36.8 Å². The molecule has 0 bridgehead atoms. The Morgan fingerprint density at radius 3 is 2.45 bits per heavy atom. The average molecular weight is 276 g/mol. The van der Waals surface area contributed by atoms with Crippen molar-refractivity contribution < 1.29 is 14.3 Å². The first-order valence-electron chi connectivity index (χ1n) is 6.90. The number of carboxylic acid groups (broad SMARTS) is 1. The van der Waals surface area contributed by atoms with Gasteiger partial charge in [-0.3, -0.25) is 0 Å². The predicted molar refractivity (Wildman–Crippen MR) is 79.9 cm³/mol. The molecule has 1 N–H and O–H groups in total. The molecule has 0 aromatic heterocycles. The molecule has 0 amide bonds. The van der Waals surface area contributed by atoms with Crippen LogP contribution in [0.2, 0.25) is 0 Å². The number of rotatable bonds is 7. The van der Waals surface area contributed by atoms with Gasteiger partial charge in [0, 0.05) is 5.57 Å². The molecule has 0 heterocycles. The molecule has 0 fully saturated rings. The second-order valence-electron chi connectivity index (χ2n) is 4.86. The minimum atomic E-state index is -0.912. The number of carbonyl (C=O) groups is 1. The molecule has 1 aromatic rings. The van der Waals surface area contributed by atoms with Gasteiger partial charge >= 0.3 is 5.97 Å². The topological polar surface area (TPSA) is 37.3 Å². The largest absolute Gasteiger partial charge is 0.478 e. The average Bonchev–Trinajstić information content (AvgIpc) is 2.41. The standard InChI is InChI=1S/C17H21FO2/c1-3-4-5-6-15(11-13(2)17(19)20)12-14-7-9-16(18)10-8-14/h7-12H,3-6H2,1-2H3,(H,19,20)/b13-11+,15-12+. The first-order valence-corrected chi connectivity index (χ1v) is 6.90. The summed E-state index contributed by atoms with van der Waals surface area (Å²) in [6.07, 6.45) is 7.69. The van der Waals surface area contributed by atoms with Crippen LogP contribution in [0.4, 0.5) is 4.39 Å². The van der Waals surface area contributed by atoms with Gasteiger partial charge in [0.05, 0.1) is 0 Å². The van der Waals surface area contributed by atoms with Gasteiger partial charge in [-0.05, 0) is 49.1 Å². The van der Waals surface area contributed by atoms with E-state index in [9.17, 15) is 9.18 Å². The molecular formula is C17H21FO2. The smallest absolute Gasteiger partial charge is 0.331 e. The predicted octanol–water partition coefficient (Wildman–Crippen LogP) is 4.82. The Morgan fingerprint density at radius 1 is 1.25 bits per heavy atom. The highest BCUT2D eigenvalue weighted by Gasteiger charge is 2.02. The van der Waals surface area contributed by atoms with Crippen LogP contribution >= 0.6 is 0 Å². The summed E-state index contributed by atoms with van der Waals surface area (Å²) in [4.78, 5) is 10.9. The number of hydrogen-bond acceptors (Lipinski definition) is 1. The van der Waals surface area contributed by atoms with Gasteiger partial charge in [0.2, 0.25) is 0 Å². The summed E-state index contributed by atoms with van der Waals surface area (Å²) >= 11 is 0. The third kappa shape index (κ3) is 5.83. The first-order chi connectivity index (χ1) is 9.52. The third-order valence-corrected chi connectivity index (χ3v) is 3.03. The lowest BCUT2D eigenvalue weighted by Gasteiger charge is -2.04. The molecule has 20 heavy (non-hydrogen) atoms. The van der Waals surface area contributed by atoms with E-state index in [0.29, 0.717) is 5.57 Å². The third-order valence-electron chi connectivity index (χ3n) is 3.03. The second-order valence-corrected chi connectivity index (χ2v) is 4.86. The summed E-state index contributed by atoms with van der Waals surface area (Å²) in [5, 5.41) is 8.96. The second kappa shape index (κ2) is 8.31. The van der Waals surface area contributed by atoms with Crippen molar-refractivity contribution in [3.63, 3.8) is 0 Å². The normalized spacial score (nSPS) is 12.6. The molecule has 0 atom stereocenters. The Morgan fingerprint density at radius 2 is 1.90 bits per heavy atom. The van der Waals surface area contributed by atoms with Gasteiger partial charge in [0.15, 0.2) is 0 Å². The molecule has 0 aliphatic rings. The van der Waals surface area contributed by atoms with Crippen LogP contribution in [0.5, 0.6) is 0 Å². The van der Waals surface area contributed by atoms with Gasteiger partial charge in [-0.1, -0.05) is 38.0 Å². The number of hydrogen-bond donors (Lipinski definition) is 1. The Kier molecular flexibility index (Phi) is 6.71. The van der Waals surface area contributed by atoms with Crippen LogP contribution in [0.1, 0.15) is 45.1 Å². The minimum absolute atomic E-state index is 0.271. The molecule has 108 valence electrons. The van der Waals surface area contributed by atoms with Gasteiger partial charge in [0.25, 0.3) is 0 Å². The zero-order chi connectivity index (χ0) is 15.0. The summed E-state index contributed by atoms with van der Waals surface area (Å²) < 4.78 is 12.9. The van der Waals surface area contributed by atoms with Crippen molar-refractivity contribution >= 4 is 12.0 Å². The van der Waals surface area contributed by atoms with Gasteiger partial charge in [-0.15, -0.1) is 0 Å². The molecule has 1 rings (SSSR count). The monoisotopic (exact) mass is 276 g/mol. The fourth-order valence-electron chi connectivity index (χ4n) is 1.88. The van der Waals surface area contributed by atoms with Crippen LogP contribution in [0.3, 0.4) is 0 Å². The first kappa shape index (κ1) is 16.2. The van der Waals surface area contributed by atoms with Crippen molar-refractivity contribution in [2.45, 2.75) is 39.5 Å². The van der Waals surface area contributed by atoms with Crippen LogP contribution in [0, 0.1) is 5.82 Å². The molecule has 2 nitrogen and oxygen atoms in total. The maximum atomic E-state index is 12.9. The Labute approximate surface area is 119 Å². The Hall–Kier alpha value is -1.90. The number of carboxylic acids is 1. The summed E-state index contributed by atoms with van der Waals surface area (Å²) in [5.41, 5.74) is 2.16. The fraction of sp³-hybridized carbons (Fsp3) is 0.353. The highest BCUT2D eigenvalue weighted by Crippen LogP contribution is 2.17. The zero-order valence-electron chi connectivity index (χ0n) is 12.0. The summed E-state index contributed by atoms with van der Waals surface area (Å²) in [5.74, 6) is -1.18. The van der Waals surface area contributed by atoms with Gasteiger partial charge < -0.3 is 5.11 Å². The van der Waals surface area contributed by atoms with Crippen molar-refractivity contribution in [1.29, 1.82) is 0 Å². The lowest BCUT2D eigenvalue weighted by molar-refractivity contribution is -0.132. The van der Waals surface area contributed by atoms with Crippen LogP contribution in [-0.2, 0) is 4.79 Å². The summed E-state index contributed by atoms with van der Waals surface area (Å²) in [6, 6.07) is 6.20. The van der Waals surface area contributed by atoms with E-state index < -0.39 is 5.97 Å². The van der Waals surface area contributed by atoms with Crippen LogP contribution in [-0.4, -0.2) is 11.1 Å². The van der Waals surface area contributed by atoms with Crippen molar-refractivity contribution in [2.75, 3.05) is 0 Å². The Balaban J connectivity index is 2.93. The molecule has 0 aliphatic heterocycles.